The van der Waals surface area contributed by atoms with Crippen LogP contribution in [0.1, 0.15) is 98.8 Å². The fourth-order valence-corrected chi connectivity index (χ4v) is 6.84. The second-order valence-corrected chi connectivity index (χ2v) is 14.8. The Labute approximate surface area is 309 Å². The van der Waals surface area contributed by atoms with Gasteiger partial charge >= 0.3 is 23.9 Å². The van der Waals surface area contributed by atoms with Gasteiger partial charge in [0.25, 0.3) is 0 Å². The molecule has 4 rings (SSSR count). The van der Waals surface area contributed by atoms with Crippen LogP contribution in [0.3, 0.4) is 0 Å². The van der Waals surface area contributed by atoms with Gasteiger partial charge in [0, 0.05) is 0 Å². The molecule has 0 N–H and O–H groups in total. The lowest BCUT2D eigenvalue weighted by Crippen LogP contribution is -2.27. The van der Waals surface area contributed by atoms with Crippen molar-refractivity contribution in [2.24, 2.45) is 23.7 Å². The maximum absolute atomic E-state index is 13.0. The van der Waals surface area contributed by atoms with E-state index in [0.29, 0.717) is 24.7 Å². The molecule has 262 valence electrons. The first-order chi connectivity index (χ1) is 22.8. The molecule has 14 heteroatoms. The van der Waals surface area contributed by atoms with Crippen molar-refractivity contribution in [1.82, 2.24) is 0 Å². The molecule has 2 aromatic carbocycles. The number of unbranched alkanes of at least 4 members (excludes halogenated alkanes) is 2. The van der Waals surface area contributed by atoms with E-state index in [0.717, 1.165) is 49.7 Å². The second-order valence-electron chi connectivity index (χ2n) is 12.4. The second kappa shape index (κ2) is 17.8. The van der Waals surface area contributed by atoms with Crippen LogP contribution in [-0.4, -0.2) is 37.1 Å². The van der Waals surface area contributed by atoms with Crippen molar-refractivity contribution < 1.29 is 38.1 Å². The molecule has 2 aromatic rings. The molecular weight excluding hydrogens is 749 g/mol. The Bertz CT molecular complexity index is 1420. The molecule has 0 heterocycles. The Kier molecular flexibility index (Phi) is 14.4. The number of hydrogen-bond donors (Lipinski definition) is 0. The zero-order valence-corrected chi connectivity index (χ0v) is 31.0. The van der Waals surface area contributed by atoms with Gasteiger partial charge in [-0.3, -0.25) is 0 Å². The van der Waals surface area contributed by atoms with E-state index in [2.05, 4.69) is 13.8 Å². The molecule has 0 amide bonds. The molecule has 0 saturated heterocycles. The number of carbonyl (C=O) groups is 4. The third kappa shape index (κ3) is 10.5. The fraction of sp³-hybridized carbons (Fsp3) is 0.529. The number of halogens is 6. The van der Waals surface area contributed by atoms with Crippen LogP contribution in [0.5, 0.6) is 11.5 Å². The SMILES string of the molecule is CC(CCCCOC(=O)c1c(Cl)c(Cl)cc(Cl)c1OC(=O)C(=O)Oc1c(Cl)cc(Cl)c(Cl)c1C(=O)OCCCCC(C)C1CC1)C1CC1. The van der Waals surface area contributed by atoms with Crippen LogP contribution in [0, 0.1) is 23.7 Å². The summed E-state index contributed by atoms with van der Waals surface area (Å²) < 4.78 is 21.1. The van der Waals surface area contributed by atoms with E-state index in [4.69, 9.17) is 88.6 Å². The molecule has 2 atom stereocenters. The Hall–Kier alpha value is -1.94. The average Bonchev–Trinajstić information content (AvgIpc) is 3.95. The lowest BCUT2D eigenvalue weighted by molar-refractivity contribution is -0.156. The van der Waals surface area contributed by atoms with E-state index in [1.807, 2.05) is 0 Å². The number of carbonyl (C=O) groups excluding carboxylic acids is 4. The standard InChI is InChI=1S/C34H36Cl6O8/c1-17(19-9-10-19)7-3-5-13-45-31(41)25-27(39)21(35)15-23(37)29(25)47-33(43)34(44)48-30-24(38)16-22(36)28(40)26(30)32(42)46-14-6-4-8-18(2)20-11-12-20/h15-20H,3-14H2,1-2H3. The van der Waals surface area contributed by atoms with Crippen molar-refractivity contribution in [3.63, 3.8) is 0 Å². The number of benzene rings is 2. The number of esters is 4. The maximum atomic E-state index is 13.0. The smallest absolute Gasteiger partial charge is 0.423 e. The van der Waals surface area contributed by atoms with Gasteiger partial charge in [-0.1, -0.05) is 96.3 Å². The highest BCUT2D eigenvalue weighted by molar-refractivity contribution is 6.47. The average molecular weight is 785 g/mol. The highest BCUT2D eigenvalue weighted by atomic mass is 35.5. The zero-order valence-electron chi connectivity index (χ0n) is 26.5. The molecule has 0 aliphatic heterocycles. The van der Waals surface area contributed by atoms with Gasteiger partial charge in [0.15, 0.2) is 11.5 Å². The van der Waals surface area contributed by atoms with E-state index in [-0.39, 0.29) is 43.3 Å². The Morgan fingerprint density at radius 2 is 0.958 bits per heavy atom. The Morgan fingerprint density at radius 3 is 1.29 bits per heavy atom. The lowest BCUT2D eigenvalue weighted by atomic mass is 9.99. The molecule has 2 fully saturated rings. The maximum Gasteiger partial charge on any atom is 0.423 e. The van der Waals surface area contributed by atoms with Gasteiger partial charge in [-0.2, -0.15) is 0 Å². The summed E-state index contributed by atoms with van der Waals surface area (Å²) in [4.78, 5) is 52.0. The van der Waals surface area contributed by atoms with Crippen molar-refractivity contribution in [1.29, 1.82) is 0 Å². The van der Waals surface area contributed by atoms with Crippen LogP contribution in [0.15, 0.2) is 12.1 Å². The van der Waals surface area contributed by atoms with Gasteiger partial charge in [0.1, 0.15) is 11.1 Å². The summed E-state index contributed by atoms with van der Waals surface area (Å²) in [6.07, 6.45) is 9.97. The minimum Gasteiger partial charge on any atom is -0.462 e. The van der Waals surface area contributed by atoms with E-state index < -0.39 is 46.5 Å². The first-order valence-corrected chi connectivity index (χ1v) is 18.2. The van der Waals surface area contributed by atoms with E-state index >= 15 is 0 Å². The first-order valence-electron chi connectivity index (χ1n) is 15.9. The number of hydrogen-bond acceptors (Lipinski definition) is 8. The van der Waals surface area contributed by atoms with Crippen LogP contribution in [0.25, 0.3) is 0 Å². The molecule has 2 aliphatic rings. The van der Waals surface area contributed by atoms with Gasteiger partial charge in [-0.15, -0.1) is 0 Å². The molecule has 2 aliphatic carbocycles. The predicted molar refractivity (Wildman–Crippen MR) is 186 cm³/mol. The summed E-state index contributed by atoms with van der Waals surface area (Å²) in [5, 5.41) is -1.44. The van der Waals surface area contributed by atoms with Gasteiger partial charge in [0.05, 0.1) is 43.3 Å². The van der Waals surface area contributed by atoms with Crippen molar-refractivity contribution >= 4 is 93.5 Å². The van der Waals surface area contributed by atoms with Crippen LogP contribution in [0.2, 0.25) is 30.1 Å². The third-order valence-corrected chi connectivity index (χ3v) is 10.8. The number of rotatable bonds is 16. The van der Waals surface area contributed by atoms with E-state index in [9.17, 15) is 19.2 Å². The minimum absolute atomic E-state index is 0.0698. The monoisotopic (exact) mass is 782 g/mol. The highest BCUT2D eigenvalue weighted by Gasteiger charge is 2.33. The van der Waals surface area contributed by atoms with Crippen molar-refractivity contribution in [3.05, 3.63) is 53.4 Å². The Balaban J connectivity index is 1.41. The molecule has 0 bridgehead atoms. The molecule has 8 nitrogen and oxygen atoms in total. The quantitative estimate of drug-likeness (QED) is 0.0545. The molecule has 2 saturated carbocycles. The highest BCUT2D eigenvalue weighted by Crippen LogP contribution is 2.43. The fourth-order valence-electron chi connectivity index (χ4n) is 5.40. The van der Waals surface area contributed by atoms with Crippen molar-refractivity contribution in [2.75, 3.05) is 13.2 Å². The normalized spacial score (nSPS) is 15.4. The molecular formula is C34H36Cl6O8. The lowest BCUT2D eigenvalue weighted by Gasteiger charge is -2.16. The molecule has 0 aromatic heterocycles. The first kappa shape index (κ1) is 38.9. The third-order valence-electron chi connectivity index (χ3n) is 8.65. The van der Waals surface area contributed by atoms with Crippen LogP contribution in [-0.2, 0) is 19.1 Å². The summed E-state index contributed by atoms with van der Waals surface area (Å²) in [6, 6.07) is 2.26. The van der Waals surface area contributed by atoms with Crippen LogP contribution >= 0.6 is 69.6 Å². The molecule has 2 unspecified atom stereocenters. The summed E-state index contributed by atoms with van der Waals surface area (Å²) in [7, 11) is 0. The predicted octanol–water partition coefficient (Wildman–Crippen LogP) is 10.9. The van der Waals surface area contributed by atoms with Gasteiger partial charge < -0.3 is 18.9 Å². The van der Waals surface area contributed by atoms with Crippen LogP contribution < -0.4 is 9.47 Å². The largest absolute Gasteiger partial charge is 0.462 e. The number of ether oxygens (including phenoxy) is 4. The van der Waals surface area contributed by atoms with Gasteiger partial charge in [-0.05, 0) is 87.2 Å². The van der Waals surface area contributed by atoms with Gasteiger partial charge in [-0.25, -0.2) is 19.2 Å². The summed E-state index contributed by atoms with van der Waals surface area (Å²) in [5.74, 6) is -3.56. The molecule has 0 spiro atoms. The van der Waals surface area contributed by atoms with E-state index in [1.54, 1.807) is 0 Å². The summed E-state index contributed by atoms with van der Waals surface area (Å²) in [6.45, 7) is 4.56. The van der Waals surface area contributed by atoms with Crippen LogP contribution in [0.4, 0.5) is 0 Å². The summed E-state index contributed by atoms with van der Waals surface area (Å²) >= 11 is 37.4. The van der Waals surface area contributed by atoms with E-state index in [1.165, 1.54) is 25.7 Å². The minimum atomic E-state index is -1.63. The van der Waals surface area contributed by atoms with Crippen molar-refractivity contribution in [2.45, 2.75) is 78.1 Å². The summed E-state index contributed by atoms with van der Waals surface area (Å²) in [5.41, 5.74) is -0.907. The van der Waals surface area contributed by atoms with Crippen molar-refractivity contribution in [3.8, 4) is 11.5 Å². The Morgan fingerprint density at radius 1 is 0.604 bits per heavy atom. The topological polar surface area (TPSA) is 105 Å². The molecule has 48 heavy (non-hydrogen) atoms. The molecule has 0 radical (unpaired) electrons. The van der Waals surface area contributed by atoms with Gasteiger partial charge in [0.2, 0.25) is 0 Å². The zero-order chi connectivity index (χ0) is 35.1.